The molecular formula is C17H22O2. The van der Waals surface area contributed by atoms with Gasteiger partial charge in [0, 0.05) is 0 Å². The van der Waals surface area contributed by atoms with Crippen LogP contribution in [0.4, 0.5) is 0 Å². The maximum Gasteiger partial charge on any atom is 0.312 e. The predicted molar refractivity (Wildman–Crippen MR) is 77.6 cm³/mol. The maximum atomic E-state index is 12.0. The van der Waals surface area contributed by atoms with Crippen molar-refractivity contribution in [3.63, 3.8) is 0 Å². The molecule has 2 heteroatoms. The number of ether oxygens (including phenoxy) is 1. The van der Waals surface area contributed by atoms with E-state index >= 15 is 0 Å². The first kappa shape index (κ1) is 13.9. The fourth-order valence-electron chi connectivity index (χ4n) is 2.84. The van der Waals surface area contributed by atoms with E-state index in [1.54, 1.807) is 0 Å². The Kier molecular flexibility index (Phi) is 5.20. The summed E-state index contributed by atoms with van der Waals surface area (Å²) in [5, 5.41) is 0. The number of hydrogen-bond donors (Lipinski definition) is 0. The fraction of sp³-hybridized carbons (Fsp3) is 0.471. The highest BCUT2D eigenvalue weighted by molar-refractivity contribution is 5.76. The summed E-state index contributed by atoms with van der Waals surface area (Å²) in [5.41, 5.74) is 1.13. The Balaban J connectivity index is 2.09. The zero-order valence-corrected chi connectivity index (χ0v) is 11.5. The van der Waals surface area contributed by atoms with E-state index in [1.807, 2.05) is 42.5 Å². The van der Waals surface area contributed by atoms with Crippen molar-refractivity contribution in [3.8, 4) is 0 Å². The molecule has 0 radical (unpaired) electrons. The van der Waals surface area contributed by atoms with Crippen molar-refractivity contribution in [3.05, 3.63) is 42.0 Å². The van der Waals surface area contributed by atoms with Crippen molar-refractivity contribution in [1.82, 2.24) is 0 Å². The molecule has 1 aliphatic rings. The molecule has 2 rings (SSSR count). The fourth-order valence-corrected chi connectivity index (χ4v) is 2.84. The highest BCUT2D eigenvalue weighted by Gasteiger charge is 2.27. The van der Waals surface area contributed by atoms with Crippen LogP contribution in [0.5, 0.6) is 0 Å². The van der Waals surface area contributed by atoms with Crippen LogP contribution in [0, 0.1) is 11.8 Å². The average molecular weight is 258 g/mol. The van der Waals surface area contributed by atoms with Gasteiger partial charge in [0.1, 0.15) is 0 Å². The van der Waals surface area contributed by atoms with E-state index in [2.05, 4.69) is 0 Å². The Morgan fingerprint density at radius 3 is 2.53 bits per heavy atom. The second-order valence-electron chi connectivity index (χ2n) is 5.22. The van der Waals surface area contributed by atoms with Crippen molar-refractivity contribution in [2.75, 3.05) is 7.11 Å². The average Bonchev–Trinajstić information content (AvgIpc) is 2.49. The number of carbonyl (C=O) groups is 1. The number of methoxy groups -OCH3 is 1. The zero-order chi connectivity index (χ0) is 13.5. The van der Waals surface area contributed by atoms with Gasteiger partial charge in [-0.25, -0.2) is 0 Å². The molecule has 1 fully saturated rings. The third-order valence-electron chi connectivity index (χ3n) is 3.93. The van der Waals surface area contributed by atoms with E-state index < -0.39 is 0 Å². The lowest BCUT2D eigenvalue weighted by molar-refractivity contribution is -0.145. The first-order valence-corrected chi connectivity index (χ1v) is 7.12. The zero-order valence-electron chi connectivity index (χ0n) is 11.5. The minimum Gasteiger partial charge on any atom is -0.469 e. The Morgan fingerprint density at radius 2 is 1.89 bits per heavy atom. The van der Waals surface area contributed by atoms with Crippen molar-refractivity contribution >= 4 is 12.0 Å². The summed E-state index contributed by atoms with van der Waals surface area (Å²) in [6.07, 6.45) is 10.1. The molecule has 0 saturated heterocycles. The molecule has 0 aromatic heterocycles. The van der Waals surface area contributed by atoms with E-state index in [1.165, 1.54) is 26.4 Å². The molecule has 19 heavy (non-hydrogen) atoms. The smallest absolute Gasteiger partial charge is 0.312 e. The third kappa shape index (κ3) is 3.95. The van der Waals surface area contributed by atoms with Gasteiger partial charge in [-0.2, -0.15) is 0 Å². The number of benzene rings is 1. The minimum atomic E-state index is -0.0981. The first-order valence-electron chi connectivity index (χ1n) is 7.12. The highest BCUT2D eigenvalue weighted by Crippen LogP contribution is 2.31. The van der Waals surface area contributed by atoms with E-state index in [4.69, 9.17) is 4.74 Å². The van der Waals surface area contributed by atoms with Gasteiger partial charge in [0.25, 0.3) is 0 Å². The molecular weight excluding hydrogens is 236 g/mol. The van der Waals surface area contributed by atoms with Gasteiger partial charge in [-0.1, -0.05) is 61.7 Å². The molecule has 1 atom stereocenters. The summed E-state index contributed by atoms with van der Waals surface area (Å²) in [4.78, 5) is 12.0. The van der Waals surface area contributed by atoms with Gasteiger partial charge in [0.15, 0.2) is 0 Å². The van der Waals surface area contributed by atoms with E-state index in [0.717, 1.165) is 18.4 Å². The summed E-state index contributed by atoms with van der Waals surface area (Å²) >= 11 is 0. The highest BCUT2D eigenvalue weighted by atomic mass is 16.5. The Bertz CT molecular complexity index is 416. The normalized spacial score (nSPS) is 18.4. The molecule has 0 N–H and O–H groups in total. The van der Waals surface area contributed by atoms with Crippen LogP contribution in [-0.4, -0.2) is 13.1 Å². The van der Waals surface area contributed by atoms with Crippen LogP contribution < -0.4 is 0 Å². The monoisotopic (exact) mass is 258 g/mol. The number of carbonyl (C=O) groups excluding carboxylic acids is 1. The largest absolute Gasteiger partial charge is 0.469 e. The summed E-state index contributed by atoms with van der Waals surface area (Å²) in [5.74, 6) is 0.255. The van der Waals surface area contributed by atoms with E-state index in [9.17, 15) is 4.79 Å². The van der Waals surface area contributed by atoms with Gasteiger partial charge < -0.3 is 4.74 Å². The topological polar surface area (TPSA) is 26.3 Å². The van der Waals surface area contributed by atoms with Gasteiger partial charge in [0.2, 0.25) is 0 Å². The Labute approximate surface area is 115 Å². The molecule has 102 valence electrons. The molecule has 0 bridgehead atoms. The van der Waals surface area contributed by atoms with Crippen molar-refractivity contribution in [2.45, 2.75) is 32.1 Å². The third-order valence-corrected chi connectivity index (χ3v) is 3.93. The van der Waals surface area contributed by atoms with Gasteiger partial charge in [-0.15, -0.1) is 0 Å². The maximum absolute atomic E-state index is 12.0. The molecule has 1 saturated carbocycles. The molecule has 2 nitrogen and oxygen atoms in total. The van der Waals surface area contributed by atoms with Crippen LogP contribution >= 0.6 is 0 Å². The van der Waals surface area contributed by atoms with E-state index in [0.29, 0.717) is 5.92 Å². The van der Waals surface area contributed by atoms with Crippen LogP contribution in [0.3, 0.4) is 0 Å². The molecule has 0 spiro atoms. The Hall–Kier alpha value is -1.57. The van der Waals surface area contributed by atoms with Crippen molar-refractivity contribution < 1.29 is 9.53 Å². The summed E-state index contributed by atoms with van der Waals surface area (Å²) < 4.78 is 4.96. The molecule has 1 aromatic rings. The lowest BCUT2D eigenvalue weighted by Gasteiger charge is -2.26. The molecule has 0 amide bonds. The van der Waals surface area contributed by atoms with Crippen molar-refractivity contribution in [2.24, 2.45) is 11.8 Å². The Morgan fingerprint density at radius 1 is 1.21 bits per heavy atom. The lowest BCUT2D eigenvalue weighted by Crippen LogP contribution is -2.25. The SMILES string of the molecule is COC(=O)C(/C=C/c1ccccc1)C1CCCCC1. The molecule has 0 aliphatic heterocycles. The number of esters is 1. The van der Waals surface area contributed by atoms with Gasteiger partial charge in [-0.05, 0) is 24.3 Å². The predicted octanol–water partition coefficient (Wildman–Crippen LogP) is 4.07. The second-order valence-corrected chi connectivity index (χ2v) is 5.22. The summed E-state index contributed by atoms with van der Waals surface area (Å²) in [6.45, 7) is 0. The molecule has 0 heterocycles. The van der Waals surface area contributed by atoms with Crippen molar-refractivity contribution in [1.29, 1.82) is 0 Å². The molecule has 1 aliphatic carbocycles. The van der Waals surface area contributed by atoms with Crippen LogP contribution in [0.1, 0.15) is 37.7 Å². The number of rotatable bonds is 4. The first-order chi connectivity index (χ1) is 9.31. The lowest BCUT2D eigenvalue weighted by atomic mass is 9.79. The quantitative estimate of drug-likeness (QED) is 0.761. The van der Waals surface area contributed by atoms with Gasteiger partial charge in [-0.3, -0.25) is 4.79 Å². The van der Waals surface area contributed by atoms with Gasteiger partial charge >= 0.3 is 5.97 Å². The summed E-state index contributed by atoms with van der Waals surface area (Å²) in [6, 6.07) is 10.1. The standard InChI is InChI=1S/C17H22O2/c1-19-17(18)16(15-10-6-3-7-11-15)13-12-14-8-4-2-5-9-14/h2,4-5,8-9,12-13,15-16H,3,6-7,10-11H2,1H3/b13-12+. The second kappa shape index (κ2) is 7.13. The van der Waals surface area contributed by atoms with Crippen LogP contribution in [-0.2, 0) is 9.53 Å². The molecule has 1 unspecified atom stereocenters. The van der Waals surface area contributed by atoms with Crippen LogP contribution in [0.25, 0.3) is 6.08 Å². The van der Waals surface area contributed by atoms with Gasteiger partial charge in [0.05, 0.1) is 13.0 Å². The van der Waals surface area contributed by atoms with Crippen LogP contribution in [0.2, 0.25) is 0 Å². The summed E-state index contributed by atoms with van der Waals surface area (Å²) in [7, 11) is 1.48. The minimum absolute atomic E-state index is 0.0921. The van der Waals surface area contributed by atoms with Crippen LogP contribution in [0.15, 0.2) is 36.4 Å². The van der Waals surface area contributed by atoms with E-state index in [-0.39, 0.29) is 11.9 Å². The molecule has 1 aromatic carbocycles. The number of hydrogen-bond acceptors (Lipinski definition) is 2.